The summed E-state index contributed by atoms with van der Waals surface area (Å²) < 4.78 is 11.0. The summed E-state index contributed by atoms with van der Waals surface area (Å²) in [5.41, 5.74) is 1.08. The molecule has 0 aliphatic carbocycles. The highest BCUT2D eigenvalue weighted by molar-refractivity contribution is 6.30. The van der Waals surface area contributed by atoms with Crippen LogP contribution in [0.2, 0.25) is 5.02 Å². The molecule has 8 nitrogen and oxygen atoms in total. The maximum Gasteiger partial charge on any atom is 0.346 e. The first-order valence-electron chi connectivity index (χ1n) is 13.5. The van der Waals surface area contributed by atoms with Crippen LogP contribution in [0, 0.1) is 0 Å². The monoisotopic (exact) mass is 604 g/mol. The van der Waals surface area contributed by atoms with Gasteiger partial charge in [-0.25, -0.2) is 9.59 Å². The predicted molar refractivity (Wildman–Crippen MR) is 166 cm³/mol. The molecule has 9 heteroatoms. The van der Waals surface area contributed by atoms with Gasteiger partial charge < -0.3 is 20.1 Å². The molecule has 0 heterocycles. The van der Waals surface area contributed by atoms with Gasteiger partial charge in [0.1, 0.15) is 11.5 Å². The van der Waals surface area contributed by atoms with Gasteiger partial charge in [0.05, 0.1) is 11.1 Å². The number of ether oxygens (including phenoxy) is 2. The number of carbonyl (C=O) groups is 4. The lowest BCUT2D eigenvalue weighted by atomic mass is 10.1. The Labute approximate surface area is 258 Å². The van der Waals surface area contributed by atoms with Crippen LogP contribution in [0.25, 0.3) is 0 Å². The van der Waals surface area contributed by atoms with Crippen molar-refractivity contribution in [3.05, 3.63) is 161 Å². The summed E-state index contributed by atoms with van der Waals surface area (Å²) in [5, 5.41) is 5.97. The van der Waals surface area contributed by atoms with Crippen LogP contribution in [0.15, 0.2) is 133 Å². The molecule has 1 unspecified atom stereocenters. The van der Waals surface area contributed by atoms with Crippen molar-refractivity contribution in [3.8, 4) is 11.5 Å². The van der Waals surface area contributed by atoms with Crippen molar-refractivity contribution in [2.45, 2.75) is 6.04 Å². The Balaban J connectivity index is 1.28. The fraction of sp³-hybridized carbons (Fsp3) is 0.0286. The minimum absolute atomic E-state index is 0.00336. The number of benzene rings is 5. The third kappa shape index (κ3) is 7.56. The zero-order chi connectivity index (χ0) is 30.9. The summed E-state index contributed by atoms with van der Waals surface area (Å²) >= 11 is 5.91. The van der Waals surface area contributed by atoms with Gasteiger partial charge in [-0.05, 0) is 78.4 Å². The number of anilines is 1. The van der Waals surface area contributed by atoms with Gasteiger partial charge in [-0.15, -0.1) is 0 Å². The van der Waals surface area contributed by atoms with Crippen LogP contribution in [-0.2, 0) is 9.53 Å². The lowest BCUT2D eigenvalue weighted by Crippen LogP contribution is -2.36. The smallest absolute Gasteiger partial charge is 0.346 e. The fourth-order valence-corrected chi connectivity index (χ4v) is 4.36. The van der Waals surface area contributed by atoms with Crippen molar-refractivity contribution in [2.75, 3.05) is 5.32 Å². The molecule has 5 rings (SSSR count). The first-order chi connectivity index (χ1) is 21.4. The van der Waals surface area contributed by atoms with Crippen LogP contribution in [0.5, 0.6) is 11.5 Å². The number of carbonyl (C=O) groups excluding carboxylic acids is 4. The van der Waals surface area contributed by atoms with Crippen LogP contribution in [-0.4, -0.2) is 23.8 Å². The lowest BCUT2D eigenvalue weighted by molar-refractivity contribution is -0.140. The van der Waals surface area contributed by atoms with Crippen molar-refractivity contribution in [3.63, 3.8) is 0 Å². The molecule has 0 spiro atoms. The molecule has 2 amide bonds. The SMILES string of the molecule is O=C(NC(C(=O)OC(=O)c1ccccc1C(=O)Nc1ccc(Oc2ccc(Cl)cc2)cc1)c1ccccc1)c1ccccc1. The summed E-state index contributed by atoms with van der Waals surface area (Å²) in [6.45, 7) is 0. The van der Waals surface area contributed by atoms with Crippen molar-refractivity contribution in [1.29, 1.82) is 0 Å². The quantitative estimate of drug-likeness (QED) is 0.136. The Morgan fingerprint density at radius 2 is 1.14 bits per heavy atom. The normalized spacial score (nSPS) is 11.1. The van der Waals surface area contributed by atoms with Crippen LogP contribution in [0.3, 0.4) is 0 Å². The Hall–Kier alpha value is -5.73. The second-order valence-electron chi connectivity index (χ2n) is 9.47. The van der Waals surface area contributed by atoms with Gasteiger partial charge in [-0.1, -0.05) is 72.3 Å². The molecule has 0 fully saturated rings. The van der Waals surface area contributed by atoms with Crippen LogP contribution in [0.4, 0.5) is 5.69 Å². The van der Waals surface area contributed by atoms with E-state index in [0.29, 0.717) is 33.3 Å². The molecule has 44 heavy (non-hydrogen) atoms. The zero-order valence-corrected chi connectivity index (χ0v) is 23.9. The molecule has 2 N–H and O–H groups in total. The first kappa shape index (κ1) is 29.8. The molecule has 0 saturated heterocycles. The highest BCUT2D eigenvalue weighted by Gasteiger charge is 2.29. The third-order valence-corrected chi connectivity index (χ3v) is 6.68. The van der Waals surface area contributed by atoms with Crippen LogP contribution in [0.1, 0.15) is 42.7 Å². The average molecular weight is 605 g/mol. The standard InChI is InChI=1S/C35H25ClN2O6/c36-25-15-19-27(20-16-25)43-28-21-17-26(18-22-28)37-33(40)29-13-7-8-14-30(29)34(41)44-35(42)31(23-9-3-1-4-10-23)38-32(39)24-11-5-2-6-12-24/h1-22,31H,(H,37,40)(H,38,39). The molecule has 5 aromatic rings. The van der Waals surface area contributed by atoms with E-state index in [1.807, 2.05) is 0 Å². The van der Waals surface area contributed by atoms with Gasteiger partial charge in [0.15, 0.2) is 6.04 Å². The molecular weight excluding hydrogens is 580 g/mol. The molecule has 218 valence electrons. The second kappa shape index (κ2) is 14.0. The molecule has 1 atom stereocenters. The van der Waals surface area contributed by atoms with Gasteiger partial charge in [0, 0.05) is 16.3 Å². The molecule has 0 bridgehead atoms. The number of nitrogens with one attached hydrogen (secondary N) is 2. The second-order valence-corrected chi connectivity index (χ2v) is 9.91. The number of hydrogen-bond donors (Lipinski definition) is 2. The average Bonchev–Trinajstić information content (AvgIpc) is 3.06. The van der Waals surface area contributed by atoms with E-state index in [1.54, 1.807) is 121 Å². The van der Waals surface area contributed by atoms with Crippen molar-refractivity contribution >= 4 is 41.0 Å². The molecular formula is C35H25ClN2O6. The highest BCUT2D eigenvalue weighted by Crippen LogP contribution is 2.25. The largest absolute Gasteiger partial charge is 0.457 e. The maximum absolute atomic E-state index is 13.3. The summed E-state index contributed by atoms with van der Waals surface area (Å²) in [6, 6.07) is 35.0. The molecule has 0 aliphatic rings. The maximum atomic E-state index is 13.3. The Bertz CT molecular complexity index is 1780. The molecule has 0 aliphatic heterocycles. The van der Waals surface area contributed by atoms with Gasteiger partial charge in [0.2, 0.25) is 0 Å². The highest BCUT2D eigenvalue weighted by atomic mass is 35.5. The number of esters is 2. The van der Waals surface area contributed by atoms with Crippen LogP contribution < -0.4 is 15.4 Å². The summed E-state index contributed by atoms with van der Waals surface area (Å²) in [7, 11) is 0. The summed E-state index contributed by atoms with van der Waals surface area (Å²) in [6.07, 6.45) is 0. The molecule has 0 saturated carbocycles. The van der Waals surface area contributed by atoms with Gasteiger partial charge in [-0.2, -0.15) is 0 Å². The molecule has 0 radical (unpaired) electrons. The minimum atomic E-state index is -1.28. The van der Waals surface area contributed by atoms with Gasteiger partial charge in [0.25, 0.3) is 11.8 Å². The Morgan fingerprint density at radius 3 is 1.77 bits per heavy atom. The minimum Gasteiger partial charge on any atom is -0.457 e. The predicted octanol–water partition coefficient (Wildman–Crippen LogP) is 7.24. The third-order valence-electron chi connectivity index (χ3n) is 6.43. The van der Waals surface area contributed by atoms with Gasteiger partial charge in [-0.3, -0.25) is 9.59 Å². The number of halogens is 1. The first-order valence-corrected chi connectivity index (χ1v) is 13.9. The Morgan fingerprint density at radius 1 is 0.591 bits per heavy atom. The zero-order valence-electron chi connectivity index (χ0n) is 23.1. The molecule has 0 aromatic heterocycles. The number of rotatable bonds is 9. The summed E-state index contributed by atoms with van der Waals surface area (Å²) in [4.78, 5) is 52.5. The van der Waals surface area contributed by atoms with E-state index in [4.69, 9.17) is 21.1 Å². The Kier molecular flexibility index (Phi) is 9.44. The lowest BCUT2D eigenvalue weighted by Gasteiger charge is -2.18. The topological polar surface area (TPSA) is 111 Å². The van der Waals surface area contributed by atoms with Crippen LogP contribution >= 0.6 is 11.6 Å². The van der Waals surface area contributed by atoms with Crippen molar-refractivity contribution in [1.82, 2.24) is 5.32 Å². The number of hydrogen-bond acceptors (Lipinski definition) is 6. The van der Waals surface area contributed by atoms with E-state index in [2.05, 4.69) is 10.6 Å². The van der Waals surface area contributed by atoms with E-state index in [-0.39, 0.29) is 11.1 Å². The summed E-state index contributed by atoms with van der Waals surface area (Å²) in [5.74, 6) is -2.01. The van der Waals surface area contributed by atoms with E-state index in [0.717, 1.165) is 0 Å². The fourth-order valence-electron chi connectivity index (χ4n) is 4.24. The number of amides is 2. The van der Waals surface area contributed by atoms with E-state index >= 15 is 0 Å². The van der Waals surface area contributed by atoms with Crippen molar-refractivity contribution in [2.24, 2.45) is 0 Å². The molecule has 5 aromatic carbocycles. The van der Waals surface area contributed by atoms with E-state index < -0.39 is 29.8 Å². The van der Waals surface area contributed by atoms with Crippen molar-refractivity contribution < 1.29 is 28.7 Å². The van der Waals surface area contributed by atoms with E-state index in [1.165, 1.54) is 12.1 Å². The van der Waals surface area contributed by atoms with Gasteiger partial charge >= 0.3 is 11.9 Å². The van der Waals surface area contributed by atoms with E-state index in [9.17, 15) is 19.2 Å².